The van der Waals surface area contributed by atoms with E-state index in [1.54, 1.807) is 6.07 Å². The van der Waals surface area contributed by atoms with Crippen molar-refractivity contribution >= 4 is 5.82 Å². The molecule has 70 valence electrons. The molecule has 0 radical (unpaired) electrons. The van der Waals surface area contributed by atoms with Crippen molar-refractivity contribution in [3.8, 4) is 12.1 Å². The van der Waals surface area contributed by atoms with Gasteiger partial charge in [0.2, 0.25) is 0 Å². The second-order valence-corrected chi connectivity index (χ2v) is 2.41. The maximum Gasteiger partial charge on any atom is 0.407 e. The lowest BCUT2D eigenvalue weighted by Crippen LogP contribution is -1.98. The van der Waals surface area contributed by atoms with Gasteiger partial charge in [-0.1, -0.05) is 0 Å². The van der Waals surface area contributed by atoms with Crippen LogP contribution in [0.1, 0.15) is 12.0 Å². The lowest BCUT2D eigenvalue weighted by atomic mass is 10.4. The molecule has 1 rings (SSSR count). The molecule has 0 aliphatic carbocycles. The van der Waals surface area contributed by atoms with E-state index in [4.69, 9.17) is 10.5 Å². The van der Waals surface area contributed by atoms with Gasteiger partial charge in [0, 0.05) is 0 Å². The number of nitro groups is 1. The fraction of sp³-hybridized carbons (Fsp3) is 0.286. The number of aromatic nitrogens is 2. The van der Waals surface area contributed by atoms with Crippen molar-refractivity contribution in [1.29, 1.82) is 10.5 Å². The third-order valence-electron chi connectivity index (χ3n) is 1.49. The Bertz CT molecular complexity index is 436. The summed E-state index contributed by atoms with van der Waals surface area (Å²) in [4.78, 5) is 9.66. The molecule has 0 aliphatic rings. The van der Waals surface area contributed by atoms with Crippen molar-refractivity contribution in [3.63, 3.8) is 0 Å². The Morgan fingerprint density at radius 3 is 2.79 bits per heavy atom. The van der Waals surface area contributed by atoms with Crippen LogP contribution in [-0.2, 0) is 6.54 Å². The Hall–Kier alpha value is -2.41. The molecule has 0 bridgehead atoms. The lowest BCUT2D eigenvalue weighted by Gasteiger charge is -1.86. The summed E-state index contributed by atoms with van der Waals surface area (Å²) < 4.78 is 1.22. The molecular weight excluding hydrogens is 186 g/mol. The summed E-state index contributed by atoms with van der Waals surface area (Å²) in [6.07, 6.45) is 1.46. The number of hydrogen-bond donors (Lipinski definition) is 0. The zero-order valence-electron chi connectivity index (χ0n) is 7.04. The maximum absolute atomic E-state index is 10.4. The zero-order valence-corrected chi connectivity index (χ0v) is 7.04. The average molecular weight is 191 g/mol. The summed E-state index contributed by atoms with van der Waals surface area (Å²) in [6, 6.07) is 3.54. The molecular formula is C7H5N5O2. The summed E-state index contributed by atoms with van der Waals surface area (Å²) in [6.45, 7) is 0.249. The van der Waals surface area contributed by atoms with Crippen LogP contribution < -0.4 is 0 Å². The summed E-state index contributed by atoms with van der Waals surface area (Å²) in [5, 5.41) is 30.8. The minimum absolute atomic E-state index is 0.0899. The Kier molecular flexibility index (Phi) is 2.77. The first-order chi connectivity index (χ1) is 6.69. The van der Waals surface area contributed by atoms with Gasteiger partial charge in [-0.05, 0) is 4.92 Å². The molecule has 0 atom stereocenters. The topological polar surface area (TPSA) is 109 Å². The number of aryl methyl sites for hydroxylation is 1. The van der Waals surface area contributed by atoms with Crippen molar-refractivity contribution in [3.05, 3.63) is 21.9 Å². The van der Waals surface area contributed by atoms with Crippen LogP contribution in [0, 0.1) is 32.8 Å². The van der Waals surface area contributed by atoms with Crippen LogP contribution in [-0.4, -0.2) is 14.7 Å². The van der Waals surface area contributed by atoms with E-state index in [0.29, 0.717) is 0 Å². The van der Waals surface area contributed by atoms with Crippen LogP contribution in [0.4, 0.5) is 5.82 Å². The molecule has 0 saturated heterocycles. The smallest absolute Gasteiger partial charge is 0.358 e. The first-order valence-corrected chi connectivity index (χ1v) is 3.68. The van der Waals surface area contributed by atoms with E-state index in [9.17, 15) is 10.1 Å². The van der Waals surface area contributed by atoms with Crippen LogP contribution in [0.25, 0.3) is 0 Å². The molecule has 0 aliphatic heterocycles. The average Bonchev–Trinajstić information content (AvgIpc) is 2.57. The fourth-order valence-corrected chi connectivity index (χ4v) is 0.904. The highest BCUT2D eigenvalue weighted by atomic mass is 16.6. The predicted molar refractivity (Wildman–Crippen MR) is 43.8 cm³/mol. The Balaban J connectivity index is 2.98. The molecule has 0 spiro atoms. The van der Waals surface area contributed by atoms with E-state index in [1.165, 1.54) is 10.9 Å². The third-order valence-corrected chi connectivity index (χ3v) is 1.49. The molecule has 1 aromatic heterocycles. The standard InChI is InChI=1S/C7H5N5O2/c8-2-1-3-11-5-6(4-9)7(10-11)12(13)14/h5H,1,3H2. The van der Waals surface area contributed by atoms with Crippen LogP contribution >= 0.6 is 0 Å². The second kappa shape index (κ2) is 4.01. The second-order valence-electron chi connectivity index (χ2n) is 2.41. The van der Waals surface area contributed by atoms with Crippen molar-refractivity contribution in [1.82, 2.24) is 9.78 Å². The lowest BCUT2D eigenvalue weighted by molar-refractivity contribution is -0.390. The van der Waals surface area contributed by atoms with Gasteiger partial charge in [0.1, 0.15) is 6.07 Å². The SMILES string of the molecule is N#CCCn1cc(C#N)c([N+](=O)[O-])n1. The molecule has 0 saturated carbocycles. The Morgan fingerprint density at radius 1 is 1.64 bits per heavy atom. The molecule has 7 heteroatoms. The molecule has 7 nitrogen and oxygen atoms in total. The van der Waals surface area contributed by atoms with Gasteiger partial charge in [-0.2, -0.15) is 15.2 Å². The van der Waals surface area contributed by atoms with Gasteiger partial charge in [-0.3, -0.25) is 0 Å². The van der Waals surface area contributed by atoms with Gasteiger partial charge < -0.3 is 10.1 Å². The number of hydrogen-bond acceptors (Lipinski definition) is 5. The molecule has 0 amide bonds. The van der Waals surface area contributed by atoms with Gasteiger partial charge in [-0.25, -0.2) is 0 Å². The highest BCUT2D eigenvalue weighted by Crippen LogP contribution is 2.14. The predicted octanol–water partition coefficient (Wildman–Crippen LogP) is 0.577. The van der Waals surface area contributed by atoms with Crippen molar-refractivity contribution in [2.75, 3.05) is 0 Å². The van der Waals surface area contributed by atoms with Gasteiger partial charge in [-0.15, -0.1) is 0 Å². The Morgan fingerprint density at radius 2 is 2.36 bits per heavy atom. The highest BCUT2D eigenvalue weighted by molar-refractivity contribution is 5.40. The molecule has 1 aromatic rings. The first kappa shape index (κ1) is 9.68. The molecule has 0 fully saturated rings. The molecule has 0 unspecified atom stereocenters. The maximum atomic E-state index is 10.4. The van der Waals surface area contributed by atoms with Crippen molar-refractivity contribution in [2.24, 2.45) is 0 Å². The van der Waals surface area contributed by atoms with Crippen LogP contribution in [0.5, 0.6) is 0 Å². The molecule has 1 heterocycles. The van der Waals surface area contributed by atoms with E-state index < -0.39 is 10.7 Å². The molecule has 14 heavy (non-hydrogen) atoms. The van der Waals surface area contributed by atoms with Gasteiger partial charge in [0.15, 0.2) is 5.56 Å². The molecule has 0 N–H and O–H groups in total. The van der Waals surface area contributed by atoms with Gasteiger partial charge in [0.05, 0.1) is 30.3 Å². The van der Waals surface area contributed by atoms with Crippen molar-refractivity contribution in [2.45, 2.75) is 13.0 Å². The largest absolute Gasteiger partial charge is 0.407 e. The fourth-order valence-electron chi connectivity index (χ4n) is 0.904. The summed E-state index contributed by atoms with van der Waals surface area (Å²) in [7, 11) is 0. The number of nitriles is 2. The van der Waals surface area contributed by atoms with Gasteiger partial charge in [0.25, 0.3) is 0 Å². The summed E-state index contributed by atoms with van der Waals surface area (Å²) in [5.41, 5.74) is -0.0899. The Labute approximate surface area is 78.9 Å². The van der Waals surface area contributed by atoms with E-state index >= 15 is 0 Å². The minimum Gasteiger partial charge on any atom is -0.358 e. The summed E-state index contributed by atoms with van der Waals surface area (Å²) >= 11 is 0. The molecule has 0 aromatic carbocycles. The third kappa shape index (κ3) is 1.84. The highest BCUT2D eigenvalue weighted by Gasteiger charge is 2.19. The minimum atomic E-state index is -0.721. The first-order valence-electron chi connectivity index (χ1n) is 3.68. The number of nitrogens with zero attached hydrogens (tertiary/aromatic N) is 5. The zero-order chi connectivity index (χ0) is 10.6. The summed E-state index contributed by atoms with van der Waals surface area (Å²) in [5.74, 6) is -0.467. The van der Waals surface area contributed by atoms with E-state index in [2.05, 4.69) is 5.10 Å². The normalized spacial score (nSPS) is 9.00. The number of rotatable bonds is 3. The van der Waals surface area contributed by atoms with E-state index in [0.717, 1.165) is 0 Å². The quantitative estimate of drug-likeness (QED) is 0.512. The van der Waals surface area contributed by atoms with E-state index in [-0.39, 0.29) is 18.5 Å². The van der Waals surface area contributed by atoms with Crippen LogP contribution in [0.15, 0.2) is 6.20 Å². The van der Waals surface area contributed by atoms with Crippen molar-refractivity contribution < 1.29 is 4.92 Å². The van der Waals surface area contributed by atoms with Crippen LogP contribution in [0.3, 0.4) is 0 Å². The monoisotopic (exact) mass is 191 g/mol. The van der Waals surface area contributed by atoms with Gasteiger partial charge >= 0.3 is 5.82 Å². The van der Waals surface area contributed by atoms with Crippen LogP contribution in [0.2, 0.25) is 0 Å². The van der Waals surface area contributed by atoms with E-state index in [1.807, 2.05) is 6.07 Å².